The standard InChI is InChI=1S/C15H11Cl2N3/c1-8-3-2-4-12-13(8)14(18)20-15(19-12)10-6-5-9(16)7-11(10)17/h2-7H,1H3,(H2,18,19,20). The number of rotatable bonds is 1. The quantitative estimate of drug-likeness (QED) is 0.720. The van der Waals surface area contributed by atoms with Crippen molar-refractivity contribution in [1.82, 2.24) is 9.97 Å². The summed E-state index contributed by atoms with van der Waals surface area (Å²) in [5.41, 5.74) is 8.62. The molecule has 20 heavy (non-hydrogen) atoms. The van der Waals surface area contributed by atoms with Crippen molar-refractivity contribution in [2.75, 3.05) is 5.73 Å². The molecule has 5 heteroatoms. The van der Waals surface area contributed by atoms with E-state index in [1.165, 1.54) is 0 Å². The molecule has 0 bridgehead atoms. The van der Waals surface area contributed by atoms with E-state index in [4.69, 9.17) is 28.9 Å². The second-order valence-corrected chi connectivity index (χ2v) is 5.37. The normalized spacial score (nSPS) is 10.9. The Bertz CT molecular complexity index is 816. The Labute approximate surface area is 126 Å². The van der Waals surface area contributed by atoms with Crippen LogP contribution < -0.4 is 5.73 Å². The fraction of sp³-hybridized carbons (Fsp3) is 0.0667. The lowest BCUT2D eigenvalue weighted by Gasteiger charge is -2.08. The number of nitrogens with two attached hydrogens (primary N) is 1. The van der Waals surface area contributed by atoms with Crippen LogP contribution in [0.2, 0.25) is 10.0 Å². The molecule has 0 saturated carbocycles. The highest BCUT2D eigenvalue weighted by atomic mass is 35.5. The van der Waals surface area contributed by atoms with Gasteiger partial charge in [0.25, 0.3) is 0 Å². The summed E-state index contributed by atoms with van der Waals surface area (Å²) in [5, 5.41) is 1.95. The monoisotopic (exact) mass is 303 g/mol. The molecule has 0 aliphatic heterocycles. The maximum absolute atomic E-state index is 6.19. The van der Waals surface area contributed by atoms with Gasteiger partial charge in [0.1, 0.15) is 5.82 Å². The maximum Gasteiger partial charge on any atom is 0.163 e. The summed E-state index contributed by atoms with van der Waals surface area (Å²) in [6, 6.07) is 11.0. The van der Waals surface area contributed by atoms with Gasteiger partial charge < -0.3 is 5.73 Å². The lowest BCUT2D eigenvalue weighted by atomic mass is 10.1. The average Bonchev–Trinajstić information content (AvgIpc) is 2.38. The lowest BCUT2D eigenvalue weighted by Crippen LogP contribution is -1.99. The molecular formula is C15H11Cl2N3. The minimum Gasteiger partial charge on any atom is -0.383 e. The Morgan fingerprint density at radius 3 is 2.60 bits per heavy atom. The lowest BCUT2D eigenvalue weighted by molar-refractivity contribution is 1.23. The van der Waals surface area contributed by atoms with E-state index in [1.54, 1.807) is 18.2 Å². The molecule has 0 spiro atoms. The van der Waals surface area contributed by atoms with Crippen molar-refractivity contribution in [1.29, 1.82) is 0 Å². The summed E-state index contributed by atoms with van der Waals surface area (Å²) in [7, 11) is 0. The van der Waals surface area contributed by atoms with Gasteiger partial charge in [-0.15, -0.1) is 0 Å². The predicted octanol–water partition coefficient (Wildman–Crippen LogP) is 4.49. The molecule has 0 atom stereocenters. The summed E-state index contributed by atoms with van der Waals surface area (Å²) in [4.78, 5) is 8.90. The number of nitrogens with zero attached hydrogens (tertiary/aromatic N) is 2. The van der Waals surface area contributed by atoms with Crippen molar-refractivity contribution >= 4 is 39.9 Å². The number of nitrogen functional groups attached to an aromatic ring is 1. The van der Waals surface area contributed by atoms with E-state index < -0.39 is 0 Å². The molecule has 0 saturated heterocycles. The Kier molecular flexibility index (Phi) is 3.24. The molecule has 3 nitrogen and oxygen atoms in total. The molecule has 0 radical (unpaired) electrons. The Balaban J connectivity index is 2.28. The van der Waals surface area contributed by atoms with Crippen LogP contribution in [0.15, 0.2) is 36.4 Å². The van der Waals surface area contributed by atoms with Gasteiger partial charge in [-0.05, 0) is 36.8 Å². The minimum atomic E-state index is 0.453. The van der Waals surface area contributed by atoms with Crippen molar-refractivity contribution < 1.29 is 0 Å². The minimum absolute atomic E-state index is 0.453. The molecule has 0 aliphatic rings. The third-order valence-corrected chi connectivity index (χ3v) is 3.68. The second-order valence-electron chi connectivity index (χ2n) is 4.53. The number of hydrogen-bond donors (Lipinski definition) is 1. The second kappa shape index (κ2) is 4.93. The first-order valence-electron chi connectivity index (χ1n) is 6.04. The van der Waals surface area contributed by atoms with E-state index in [0.29, 0.717) is 27.3 Å². The number of halogens is 2. The van der Waals surface area contributed by atoms with Gasteiger partial charge in [-0.2, -0.15) is 0 Å². The largest absolute Gasteiger partial charge is 0.383 e. The van der Waals surface area contributed by atoms with Crippen LogP contribution in [-0.4, -0.2) is 9.97 Å². The molecule has 0 fully saturated rings. The van der Waals surface area contributed by atoms with Crippen molar-refractivity contribution in [3.8, 4) is 11.4 Å². The Morgan fingerprint density at radius 2 is 1.85 bits per heavy atom. The molecule has 2 aromatic carbocycles. The van der Waals surface area contributed by atoms with Gasteiger partial charge in [0.15, 0.2) is 5.82 Å². The zero-order valence-electron chi connectivity index (χ0n) is 10.7. The molecule has 0 aliphatic carbocycles. The van der Waals surface area contributed by atoms with Crippen LogP contribution in [0, 0.1) is 6.92 Å². The maximum atomic E-state index is 6.19. The number of hydrogen-bond acceptors (Lipinski definition) is 3. The highest BCUT2D eigenvalue weighted by molar-refractivity contribution is 6.36. The number of aryl methyl sites for hydroxylation is 1. The molecule has 100 valence electrons. The van der Waals surface area contributed by atoms with Crippen LogP contribution in [0.1, 0.15) is 5.56 Å². The molecular weight excluding hydrogens is 293 g/mol. The van der Waals surface area contributed by atoms with Gasteiger partial charge in [-0.1, -0.05) is 35.3 Å². The van der Waals surface area contributed by atoms with E-state index >= 15 is 0 Å². The van der Waals surface area contributed by atoms with Crippen molar-refractivity contribution in [2.24, 2.45) is 0 Å². The number of anilines is 1. The zero-order chi connectivity index (χ0) is 14.3. The molecule has 2 N–H and O–H groups in total. The first-order chi connectivity index (χ1) is 9.56. The highest BCUT2D eigenvalue weighted by Crippen LogP contribution is 2.31. The van der Waals surface area contributed by atoms with Gasteiger partial charge in [0.05, 0.1) is 10.5 Å². The summed E-state index contributed by atoms with van der Waals surface area (Å²) < 4.78 is 0. The highest BCUT2D eigenvalue weighted by Gasteiger charge is 2.11. The van der Waals surface area contributed by atoms with Crippen LogP contribution in [0.3, 0.4) is 0 Å². The molecule has 0 unspecified atom stereocenters. The van der Waals surface area contributed by atoms with Gasteiger partial charge in [0.2, 0.25) is 0 Å². The van der Waals surface area contributed by atoms with Crippen LogP contribution in [0.5, 0.6) is 0 Å². The first-order valence-corrected chi connectivity index (χ1v) is 6.80. The smallest absolute Gasteiger partial charge is 0.163 e. The van der Waals surface area contributed by atoms with E-state index in [9.17, 15) is 0 Å². The molecule has 3 aromatic rings. The van der Waals surface area contributed by atoms with Gasteiger partial charge in [-0.3, -0.25) is 0 Å². The van der Waals surface area contributed by atoms with Crippen LogP contribution >= 0.6 is 23.2 Å². The van der Waals surface area contributed by atoms with Gasteiger partial charge in [0, 0.05) is 16.0 Å². The van der Waals surface area contributed by atoms with Gasteiger partial charge in [-0.25, -0.2) is 9.97 Å². The van der Waals surface area contributed by atoms with Crippen molar-refractivity contribution in [3.05, 3.63) is 52.0 Å². The molecule has 1 heterocycles. The summed E-state index contributed by atoms with van der Waals surface area (Å²) in [6.45, 7) is 1.98. The van der Waals surface area contributed by atoms with Crippen molar-refractivity contribution in [2.45, 2.75) is 6.92 Å². The van der Waals surface area contributed by atoms with Gasteiger partial charge >= 0.3 is 0 Å². The van der Waals surface area contributed by atoms with Crippen LogP contribution in [0.4, 0.5) is 5.82 Å². The third-order valence-electron chi connectivity index (χ3n) is 3.13. The Hall–Kier alpha value is -1.84. The Morgan fingerprint density at radius 1 is 1.05 bits per heavy atom. The van der Waals surface area contributed by atoms with E-state index in [1.807, 2.05) is 25.1 Å². The third kappa shape index (κ3) is 2.19. The molecule has 3 rings (SSSR count). The van der Waals surface area contributed by atoms with Crippen LogP contribution in [0.25, 0.3) is 22.3 Å². The van der Waals surface area contributed by atoms with E-state index in [2.05, 4.69) is 9.97 Å². The summed E-state index contributed by atoms with van der Waals surface area (Å²) in [6.07, 6.45) is 0. The number of aromatic nitrogens is 2. The van der Waals surface area contributed by atoms with Crippen molar-refractivity contribution in [3.63, 3.8) is 0 Å². The molecule has 1 aromatic heterocycles. The molecule has 0 amide bonds. The SMILES string of the molecule is Cc1cccc2nc(-c3ccc(Cl)cc3Cl)nc(N)c12. The summed E-state index contributed by atoms with van der Waals surface area (Å²) in [5.74, 6) is 0.955. The number of benzene rings is 2. The first kappa shape index (κ1) is 13.2. The average molecular weight is 304 g/mol. The zero-order valence-corrected chi connectivity index (χ0v) is 12.2. The number of fused-ring (bicyclic) bond motifs is 1. The van der Waals surface area contributed by atoms with E-state index in [-0.39, 0.29) is 0 Å². The summed E-state index contributed by atoms with van der Waals surface area (Å²) >= 11 is 12.1. The van der Waals surface area contributed by atoms with E-state index in [0.717, 1.165) is 16.5 Å². The fourth-order valence-corrected chi connectivity index (χ4v) is 2.67. The predicted molar refractivity (Wildman–Crippen MR) is 84.1 cm³/mol. The fourth-order valence-electron chi connectivity index (χ4n) is 2.18. The van der Waals surface area contributed by atoms with Crippen LogP contribution in [-0.2, 0) is 0 Å². The topological polar surface area (TPSA) is 51.8 Å².